The van der Waals surface area contributed by atoms with Crippen LogP contribution in [-0.2, 0) is 14.6 Å². The molecule has 0 aromatic carbocycles. The van der Waals surface area contributed by atoms with Crippen LogP contribution < -0.4 is 5.32 Å². The molecule has 2 heterocycles. The molecule has 0 aliphatic carbocycles. The monoisotopic (exact) mass is 255 g/mol. The average Bonchev–Trinajstić information content (AvgIpc) is 2.55. The van der Waals surface area contributed by atoms with Crippen molar-refractivity contribution in [1.29, 1.82) is 0 Å². The van der Waals surface area contributed by atoms with E-state index in [1.807, 2.05) is 0 Å². The number of halogens is 1. The predicted molar refractivity (Wildman–Crippen MR) is 56.9 cm³/mol. The molecule has 0 aromatic heterocycles. The molecule has 5 nitrogen and oxygen atoms in total. The van der Waals surface area contributed by atoms with E-state index in [9.17, 15) is 13.2 Å². The van der Waals surface area contributed by atoms with Crippen LogP contribution in [0.15, 0.2) is 0 Å². The topological polar surface area (TPSA) is 83.5 Å². The minimum Gasteiger partial charge on any atom is -0.481 e. The zero-order valence-corrected chi connectivity index (χ0v) is 9.68. The van der Waals surface area contributed by atoms with Crippen molar-refractivity contribution in [2.24, 2.45) is 11.8 Å². The summed E-state index contributed by atoms with van der Waals surface area (Å²) < 4.78 is 23.2. The molecule has 2 aliphatic rings. The summed E-state index contributed by atoms with van der Waals surface area (Å²) in [5.74, 6) is -1.04. The van der Waals surface area contributed by atoms with Crippen molar-refractivity contribution in [1.82, 2.24) is 5.32 Å². The van der Waals surface area contributed by atoms with Gasteiger partial charge in [0.25, 0.3) is 0 Å². The molecule has 15 heavy (non-hydrogen) atoms. The van der Waals surface area contributed by atoms with Crippen LogP contribution in [0.4, 0.5) is 0 Å². The zero-order valence-electron chi connectivity index (χ0n) is 8.05. The second kappa shape index (κ2) is 4.27. The Balaban J connectivity index is 0.00000112. The number of carboxylic acids is 1. The number of hydrogen-bond acceptors (Lipinski definition) is 4. The van der Waals surface area contributed by atoms with Crippen LogP contribution in [0, 0.1) is 11.8 Å². The minimum atomic E-state index is -3.04. The Hall–Kier alpha value is -0.330. The molecule has 0 saturated carbocycles. The first kappa shape index (κ1) is 12.7. The lowest BCUT2D eigenvalue weighted by atomic mass is 9.91. The van der Waals surface area contributed by atoms with Crippen molar-refractivity contribution in [3.63, 3.8) is 0 Å². The summed E-state index contributed by atoms with van der Waals surface area (Å²) in [6.07, 6.45) is -0.0257. The van der Waals surface area contributed by atoms with Crippen LogP contribution in [0.1, 0.15) is 6.42 Å². The Bertz CT molecular complexity index is 356. The summed E-state index contributed by atoms with van der Waals surface area (Å²) in [6.45, 7) is 1.13. The van der Waals surface area contributed by atoms with E-state index in [2.05, 4.69) is 5.32 Å². The van der Waals surface area contributed by atoms with Crippen LogP contribution in [0.3, 0.4) is 0 Å². The lowest BCUT2D eigenvalue weighted by molar-refractivity contribution is -0.138. The third-order valence-corrected chi connectivity index (χ3v) is 5.48. The smallest absolute Gasteiger partial charge is 0.303 e. The average molecular weight is 256 g/mol. The van der Waals surface area contributed by atoms with Crippen molar-refractivity contribution in [2.75, 3.05) is 18.8 Å². The largest absolute Gasteiger partial charge is 0.481 e. The first-order valence-corrected chi connectivity index (χ1v) is 6.36. The highest BCUT2D eigenvalue weighted by molar-refractivity contribution is 7.92. The van der Waals surface area contributed by atoms with Crippen LogP contribution in [0.25, 0.3) is 0 Å². The number of hydrogen-bond donors (Lipinski definition) is 2. The number of nitrogens with one attached hydrogen (secondary N) is 1. The first-order valence-electron chi connectivity index (χ1n) is 4.65. The maximum Gasteiger partial charge on any atom is 0.303 e. The molecular formula is C8H14ClNO4S. The van der Waals surface area contributed by atoms with Gasteiger partial charge >= 0.3 is 5.97 Å². The third kappa shape index (κ3) is 2.26. The molecule has 2 saturated heterocycles. The molecule has 88 valence electrons. The van der Waals surface area contributed by atoms with E-state index in [-0.39, 0.29) is 41.7 Å². The Morgan fingerprint density at radius 2 is 2.07 bits per heavy atom. The van der Waals surface area contributed by atoms with Gasteiger partial charge in [-0.2, -0.15) is 0 Å². The summed E-state index contributed by atoms with van der Waals surface area (Å²) in [6, 6.07) is 0. The lowest BCUT2D eigenvalue weighted by Gasteiger charge is -2.12. The Kier molecular flexibility index (Phi) is 3.63. The first-order chi connectivity index (χ1) is 6.50. The van der Waals surface area contributed by atoms with Gasteiger partial charge in [0, 0.05) is 13.0 Å². The summed E-state index contributed by atoms with van der Waals surface area (Å²) in [4.78, 5) is 10.5. The van der Waals surface area contributed by atoms with Gasteiger partial charge < -0.3 is 10.4 Å². The second-order valence-electron chi connectivity index (χ2n) is 4.05. The van der Waals surface area contributed by atoms with Gasteiger partial charge in [-0.05, 0) is 18.4 Å². The molecule has 2 fully saturated rings. The maximum atomic E-state index is 11.6. The standard InChI is InChI=1S/C8H13NO4S.ClH/c10-8(11)1-5-4-14(12,13)7-3-9-2-6(5)7;/h5-7,9H,1-4H2,(H,10,11);1H/t5-,6+,7+;/m0./s1. The maximum absolute atomic E-state index is 11.6. The van der Waals surface area contributed by atoms with Crippen LogP contribution in [0.5, 0.6) is 0 Å². The van der Waals surface area contributed by atoms with Crippen molar-refractivity contribution in [2.45, 2.75) is 11.7 Å². The lowest BCUT2D eigenvalue weighted by Crippen LogP contribution is -2.22. The van der Waals surface area contributed by atoms with E-state index in [4.69, 9.17) is 5.11 Å². The fraction of sp³-hybridized carbons (Fsp3) is 0.875. The fourth-order valence-corrected chi connectivity index (χ4v) is 4.95. The van der Waals surface area contributed by atoms with Gasteiger partial charge in [-0.1, -0.05) is 0 Å². The van der Waals surface area contributed by atoms with E-state index < -0.39 is 15.8 Å². The van der Waals surface area contributed by atoms with Crippen molar-refractivity contribution in [3.8, 4) is 0 Å². The molecule has 0 aromatic rings. The molecule has 2 aliphatic heterocycles. The molecule has 0 amide bonds. The van der Waals surface area contributed by atoms with Crippen molar-refractivity contribution < 1.29 is 18.3 Å². The molecule has 2 N–H and O–H groups in total. The molecule has 0 bridgehead atoms. The Labute approximate surface area is 94.6 Å². The molecular weight excluding hydrogens is 242 g/mol. The van der Waals surface area contributed by atoms with Gasteiger partial charge in [0.05, 0.1) is 11.0 Å². The number of fused-ring (bicyclic) bond motifs is 1. The van der Waals surface area contributed by atoms with Crippen LogP contribution in [-0.4, -0.2) is 43.6 Å². The van der Waals surface area contributed by atoms with E-state index >= 15 is 0 Å². The Morgan fingerprint density at radius 3 is 2.67 bits per heavy atom. The molecule has 0 radical (unpaired) electrons. The molecule has 0 unspecified atom stereocenters. The summed E-state index contributed by atoms with van der Waals surface area (Å²) in [5, 5.41) is 11.3. The number of carboxylic acid groups (broad SMARTS) is 1. The van der Waals surface area contributed by atoms with E-state index in [1.165, 1.54) is 0 Å². The molecule has 2 rings (SSSR count). The zero-order chi connectivity index (χ0) is 10.3. The summed E-state index contributed by atoms with van der Waals surface area (Å²) in [5.41, 5.74) is 0. The second-order valence-corrected chi connectivity index (χ2v) is 6.31. The normalized spacial score (nSPS) is 36.9. The third-order valence-electron chi connectivity index (χ3n) is 3.15. The van der Waals surface area contributed by atoms with Crippen LogP contribution in [0.2, 0.25) is 0 Å². The number of sulfone groups is 1. The molecule has 3 atom stereocenters. The molecule has 7 heteroatoms. The predicted octanol–water partition coefficient (Wildman–Crippen LogP) is -0.484. The SMILES string of the molecule is Cl.O=C(O)C[C@H]1CS(=O)(=O)[C@@H]2CNC[C@H]12. The van der Waals surface area contributed by atoms with Gasteiger partial charge in [-0.15, -0.1) is 12.4 Å². The van der Waals surface area contributed by atoms with E-state index in [1.54, 1.807) is 0 Å². The quantitative estimate of drug-likeness (QED) is 0.696. The number of rotatable bonds is 2. The van der Waals surface area contributed by atoms with E-state index in [0.29, 0.717) is 13.1 Å². The highest BCUT2D eigenvalue weighted by Gasteiger charge is 2.49. The summed E-state index contributed by atoms with van der Waals surface area (Å²) >= 11 is 0. The van der Waals surface area contributed by atoms with Gasteiger partial charge in [0.2, 0.25) is 0 Å². The summed E-state index contributed by atoms with van der Waals surface area (Å²) in [7, 11) is -3.04. The fourth-order valence-electron chi connectivity index (χ4n) is 2.52. The van der Waals surface area contributed by atoms with Gasteiger partial charge in [-0.25, -0.2) is 8.42 Å². The highest BCUT2D eigenvalue weighted by atomic mass is 35.5. The molecule has 0 spiro atoms. The van der Waals surface area contributed by atoms with Crippen molar-refractivity contribution >= 4 is 28.2 Å². The van der Waals surface area contributed by atoms with Gasteiger partial charge in [-0.3, -0.25) is 4.79 Å². The Morgan fingerprint density at radius 1 is 1.40 bits per heavy atom. The minimum absolute atomic E-state index is 0. The number of aliphatic carboxylic acids is 1. The van der Waals surface area contributed by atoms with Gasteiger partial charge in [0.15, 0.2) is 9.84 Å². The highest BCUT2D eigenvalue weighted by Crippen LogP contribution is 2.36. The number of carbonyl (C=O) groups is 1. The van der Waals surface area contributed by atoms with E-state index in [0.717, 1.165) is 0 Å². The van der Waals surface area contributed by atoms with Gasteiger partial charge in [0.1, 0.15) is 0 Å². The van der Waals surface area contributed by atoms with Crippen molar-refractivity contribution in [3.05, 3.63) is 0 Å². The van der Waals surface area contributed by atoms with Crippen LogP contribution >= 0.6 is 12.4 Å².